The van der Waals surface area contributed by atoms with Crippen molar-refractivity contribution in [3.8, 4) is 5.69 Å². The van der Waals surface area contributed by atoms with Crippen LogP contribution >= 0.6 is 0 Å². The van der Waals surface area contributed by atoms with Gasteiger partial charge < -0.3 is 9.80 Å². The van der Waals surface area contributed by atoms with Crippen LogP contribution < -0.4 is 5.56 Å². The Morgan fingerprint density at radius 2 is 1.51 bits per heavy atom. The van der Waals surface area contributed by atoms with Gasteiger partial charge in [-0.05, 0) is 68.2 Å². The van der Waals surface area contributed by atoms with Gasteiger partial charge in [0.05, 0.1) is 22.6 Å². The molecule has 186 valence electrons. The van der Waals surface area contributed by atoms with E-state index in [1.807, 2.05) is 122 Å². The molecule has 0 radical (unpaired) electrons. The normalized spacial score (nSPS) is 12.2. The van der Waals surface area contributed by atoms with Gasteiger partial charge in [-0.15, -0.1) is 0 Å². The fourth-order valence-electron chi connectivity index (χ4n) is 4.66. The number of carbonyl (C=O) groups is 1. The maximum absolute atomic E-state index is 14.0. The van der Waals surface area contributed by atoms with Crippen molar-refractivity contribution in [2.75, 3.05) is 27.2 Å². The maximum Gasteiger partial charge on any atom is 0.266 e. The highest BCUT2D eigenvalue weighted by molar-refractivity contribution is 5.98. The summed E-state index contributed by atoms with van der Waals surface area (Å²) in [6, 6.07) is 30.2. The number of nitrogens with zero attached hydrogens (tertiary/aromatic N) is 4. The molecule has 0 aliphatic carbocycles. The third-order valence-corrected chi connectivity index (χ3v) is 6.70. The second-order valence-corrected chi connectivity index (χ2v) is 9.50. The number of benzene rings is 4. The summed E-state index contributed by atoms with van der Waals surface area (Å²) in [7, 11) is 3.97. The molecule has 0 N–H and O–H groups in total. The molecule has 37 heavy (non-hydrogen) atoms. The Morgan fingerprint density at radius 3 is 2.27 bits per heavy atom. The van der Waals surface area contributed by atoms with Crippen molar-refractivity contribution >= 4 is 27.6 Å². The number of aromatic nitrogens is 2. The molecule has 1 aromatic heterocycles. The highest BCUT2D eigenvalue weighted by atomic mass is 16.2. The summed E-state index contributed by atoms with van der Waals surface area (Å²) in [5.41, 5.74) is 1.80. The van der Waals surface area contributed by atoms with Gasteiger partial charge in [-0.3, -0.25) is 14.2 Å². The minimum atomic E-state index is -0.462. The van der Waals surface area contributed by atoms with Gasteiger partial charge in [-0.25, -0.2) is 4.98 Å². The number of rotatable bonds is 7. The zero-order valence-electron chi connectivity index (χ0n) is 21.3. The SMILES string of the molecule is CC(c1nc2ccccc2c(=O)n1-c1ccccc1)N(CCN(C)C)C(=O)c1ccc2ccccc2c1. The van der Waals surface area contributed by atoms with E-state index in [0.717, 1.165) is 16.5 Å². The quantitative estimate of drug-likeness (QED) is 0.311. The van der Waals surface area contributed by atoms with E-state index in [1.165, 1.54) is 0 Å². The summed E-state index contributed by atoms with van der Waals surface area (Å²) < 4.78 is 1.64. The molecule has 5 aromatic rings. The van der Waals surface area contributed by atoms with Gasteiger partial charge in [0.1, 0.15) is 5.82 Å². The first kappa shape index (κ1) is 24.4. The summed E-state index contributed by atoms with van der Waals surface area (Å²) in [5.74, 6) is 0.435. The van der Waals surface area contributed by atoms with Crippen molar-refractivity contribution in [3.63, 3.8) is 0 Å². The fourth-order valence-corrected chi connectivity index (χ4v) is 4.66. The lowest BCUT2D eigenvalue weighted by Gasteiger charge is -2.31. The molecule has 0 saturated carbocycles. The third kappa shape index (κ3) is 4.88. The Balaban J connectivity index is 1.65. The molecule has 0 saturated heterocycles. The second-order valence-electron chi connectivity index (χ2n) is 9.50. The van der Waals surface area contributed by atoms with Crippen LogP contribution in [0.15, 0.2) is 102 Å². The van der Waals surface area contributed by atoms with Crippen LogP contribution in [0.3, 0.4) is 0 Å². The van der Waals surface area contributed by atoms with Crippen LogP contribution in [0.2, 0.25) is 0 Å². The van der Waals surface area contributed by atoms with Crippen LogP contribution in [0.25, 0.3) is 27.4 Å². The van der Waals surface area contributed by atoms with Crippen LogP contribution in [-0.4, -0.2) is 52.4 Å². The molecule has 1 atom stereocenters. The lowest BCUT2D eigenvalue weighted by atomic mass is 10.1. The number of hydrogen-bond donors (Lipinski definition) is 0. The third-order valence-electron chi connectivity index (χ3n) is 6.70. The Morgan fingerprint density at radius 1 is 0.838 bits per heavy atom. The first-order valence-electron chi connectivity index (χ1n) is 12.5. The van der Waals surface area contributed by atoms with Gasteiger partial charge in [-0.2, -0.15) is 0 Å². The van der Waals surface area contributed by atoms with Crippen LogP contribution in [0.1, 0.15) is 29.1 Å². The summed E-state index contributed by atoms with van der Waals surface area (Å²) >= 11 is 0. The van der Waals surface area contributed by atoms with E-state index in [0.29, 0.717) is 35.4 Å². The lowest BCUT2D eigenvalue weighted by molar-refractivity contribution is 0.0667. The van der Waals surface area contributed by atoms with E-state index in [4.69, 9.17) is 4.98 Å². The predicted molar refractivity (Wildman–Crippen MR) is 149 cm³/mol. The summed E-state index contributed by atoms with van der Waals surface area (Å²) in [4.78, 5) is 36.6. The standard InChI is InChI=1S/C31H30N4O2/c1-22(29-32-28-16-10-9-15-27(28)31(37)35(29)26-13-5-4-6-14-26)34(20-19-33(2)3)30(36)25-18-17-23-11-7-8-12-24(23)21-25/h4-18,21-22H,19-20H2,1-3H3. The second kappa shape index (κ2) is 10.4. The molecule has 0 aliphatic rings. The van der Waals surface area contributed by atoms with E-state index in [-0.39, 0.29) is 11.5 Å². The minimum absolute atomic E-state index is 0.0953. The van der Waals surface area contributed by atoms with Crippen molar-refractivity contribution in [2.24, 2.45) is 0 Å². The Bertz CT molecular complexity index is 1630. The zero-order chi connectivity index (χ0) is 25.9. The number of likely N-dealkylation sites (N-methyl/N-ethyl adjacent to an activating group) is 1. The van der Waals surface area contributed by atoms with E-state index < -0.39 is 6.04 Å². The fraction of sp³-hybridized carbons (Fsp3) is 0.194. The summed E-state index contributed by atoms with van der Waals surface area (Å²) in [5, 5.41) is 2.64. The molecule has 0 bridgehead atoms. The van der Waals surface area contributed by atoms with Crippen LogP contribution in [0.5, 0.6) is 0 Å². The van der Waals surface area contributed by atoms with Crippen molar-refractivity contribution in [2.45, 2.75) is 13.0 Å². The number of hydrogen-bond acceptors (Lipinski definition) is 4. The first-order valence-corrected chi connectivity index (χ1v) is 12.5. The number of amides is 1. The molecular weight excluding hydrogens is 460 g/mol. The maximum atomic E-state index is 14.0. The molecule has 1 unspecified atom stereocenters. The molecule has 6 nitrogen and oxygen atoms in total. The van der Waals surface area contributed by atoms with Gasteiger partial charge in [0.15, 0.2) is 0 Å². The van der Waals surface area contributed by atoms with Crippen LogP contribution in [0, 0.1) is 0 Å². The Kier molecular flexibility index (Phi) is 6.84. The highest BCUT2D eigenvalue weighted by Crippen LogP contribution is 2.25. The van der Waals surface area contributed by atoms with Gasteiger partial charge in [0.2, 0.25) is 0 Å². The van der Waals surface area contributed by atoms with E-state index in [9.17, 15) is 9.59 Å². The van der Waals surface area contributed by atoms with Gasteiger partial charge in [0, 0.05) is 18.7 Å². The van der Waals surface area contributed by atoms with Crippen LogP contribution in [0.4, 0.5) is 0 Å². The van der Waals surface area contributed by atoms with Crippen molar-refractivity contribution in [3.05, 3.63) is 119 Å². The monoisotopic (exact) mass is 490 g/mol. The molecule has 0 fully saturated rings. The molecule has 4 aromatic carbocycles. The number of fused-ring (bicyclic) bond motifs is 2. The van der Waals surface area contributed by atoms with E-state index >= 15 is 0 Å². The van der Waals surface area contributed by atoms with Crippen molar-refractivity contribution in [1.82, 2.24) is 19.4 Å². The minimum Gasteiger partial charge on any atom is -0.327 e. The molecule has 1 amide bonds. The van der Waals surface area contributed by atoms with E-state index in [2.05, 4.69) is 0 Å². The average Bonchev–Trinajstić information content (AvgIpc) is 2.93. The Hall–Kier alpha value is -4.29. The van der Waals surface area contributed by atoms with Gasteiger partial charge in [-0.1, -0.05) is 60.7 Å². The number of carbonyl (C=O) groups excluding carboxylic acids is 1. The molecule has 5 rings (SSSR count). The average molecular weight is 491 g/mol. The Labute approximate surface area is 216 Å². The molecule has 1 heterocycles. The predicted octanol–water partition coefficient (Wildman–Crippen LogP) is 5.30. The highest BCUT2D eigenvalue weighted by Gasteiger charge is 2.28. The first-order chi connectivity index (χ1) is 17.9. The molecular formula is C31H30N4O2. The van der Waals surface area contributed by atoms with Crippen LogP contribution in [-0.2, 0) is 0 Å². The van der Waals surface area contributed by atoms with Gasteiger partial charge >= 0.3 is 0 Å². The molecule has 0 aliphatic heterocycles. The molecule has 6 heteroatoms. The largest absolute Gasteiger partial charge is 0.327 e. The number of para-hydroxylation sites is 2. The zero-order valence-corrected chi connectivity index (χ0v) is 21.3. The van der Waals surface area contributed by atoms with E-state index in [1.54, 1.807) is 10.6 Å². The summed E-state index contributed by atoms with van der Waals surface area (Å²) in [6.45, 7) is 3.11. The molecule has 0 spiro atoms. The lowest BCUT2D eigenvalue weighted by Crippen LogP contribution is -2.41. The topological polar surface area (TPSA) is 58.4 Å². The van der Waals surface area contributed by atoms with Crippen molar-refractivity contribution in [1.29, 1.82) is 0 Å². The van der Waals surface area contributed by atoms with Gasteiger partial charge in [0.25, 0.3) is 11.5 Å². The smallest absolute Gasteiger partial charge is 0.266 e. The summed E-state index contributed by atoms with van der Waals surface area (Å²) in [6.07, 6.45) is 0. The van der Waals surface area contributed by atoms with Crippen molar-refractivity contribution < 1.29 is 4.79 Å².